The molecule has 0 atom stereocenters. The topological polar surface area (TPSA) is 26.3 Å². The predicted octanol–water partition coefficient (Wildman–Crippen LogP) is 2.53. The molecular formula is C10H10F2O2. The molecule has 1 aromatic carbocycles. The normalized spacial score (nSPS) is 10.4. The second-order valence-corrected chi connectivity index (χ2v) is 3.05. The summed E-state index contributed by atoms with van der Waals surface area (Å²) in [6.45, 7) is 3.22. The van der Waals surface area contributed by atoms with Gasteiger partial charge in [-0.1, -0.05) is 6.07 Å². The molecule has 4 heteroatoms. The van der Waals surface area contributed by atoms with E-state index in [9.17, 15) is 13.6 Å². The zero-order valence-electron chi connectivity index (χ0n) is 7.88. The van der Waals surface area contributed by atoms with Crippen molar-refractivity contribution in [2.45, 2.75) is 20.0 Å². The lowest BCUT2D eigenvalue weighted by molar-refractivity contribution is 0.0367. The smallest absolute Gasteiger partial charge is 0.344 e. The number of rotatable bonds is 2. The van der Waals surface area contributed by atoms with Crippen molar-refractivity contribution < 1.29 is 18.3 Å². The summed E-state index contributed by atoms with van der Waals surface area (Å²) < 4.78 is 30.7. The predicted molar refractivity (Wildman–Crippen MR) is 46.9 cm³/mol. The minimum atomic E-state index is -0.976. The van der Waals surface area contributed by atoms with Gasteiger partial charge in [0.05, 0.1) is 6.10 Å². The van der Waals surface area contributed by atoms with Crippen LogP contribution in [-0.2, 0) is 4.74 Å². The van der Waals surface area contributed by atoms with E-state index in [-0.39, 0.29) is 0 Å². The van der Waals surface area contributed by atoms with E-state index >= 15 is 0 Å². The van der Waals surface area contributed by atoms with Gasteiger partial charge in [0.15, 0.2) is 0 Å². The van der Waals surface area contributed by atoms with Gasteiger partial charge in [0.2, 0.25) is 0 Å². The van der Waals surface area contributed by atoms with Gasteiger partial charge >= 0.3 is 5.97 Å². The zero-order chi connectivity index (χ0) is 10.7. The summed E-state index contributed by atoms with van der Waals surface area (Å²) in [4.78, 5) is 11.2. The van der Waals surface area contributed by atoms with Crippen LogP contribution in [-0.4, -0.2) is 12.1 Å². The van der Waals surface area contributed by atoms with Gasteiger partial charge in [-0.3, -0.25) is 0 Å². The highest BCUT2D eigenvalue weighted by molar-refractivity contribution is 5.90. The van der Waals surface area contributed by atoms with Crippen molar-refractivity contribution in [1.82, 2.24) is 0 Å². The van der Waals surface area contributed by atoms with Crippen LogP contribution in [0, 0.1) is 11.6 Å². The van der Waals surface area contributed by atoms with Crippen LogP contribution in [0.3, 0.4) is 0 Å². The first-order chi connectivity index (χ1) is 6.52. The third-order valence-corrected chi connectivity index (χ3v) is 1.51. The third-order valence-electron chi connectivity index (χ3n) is 1.51. The molecule has 0 fully saturated rings. The minimum absolute atomic E-state index is 0.401. The van der Waals surface area contributed by atoms with Crippen molar-refractivity contribution >= 4 is 5.97 Å². The molecule has 0 spiro atoms. The van der Waals surface area contributed by atoms with E-state index in [2.05, 4.69) is 4.74 Å². The summed E-state index contributed by atoms with van der Waals surface area (Å²) in [6, 6.07) is 3.22. The van der Waals surface area contributed by atoms with Gasteiger partial charge in [-0.05, 0) is 26.0 Å². The molecule has 0 aliphatic carbocycles. The summed E-state index contributed by atoms with van der Waals surface area (Å²) in [5.41, 5.74) is -0.638. The summed E-state index contributed by atoms with van der Waals surface area (Å²) >= 11 is 0. The van der Waals surface area contributed by atoms with Crippen molar-refractivity contribution in [2.24, 2.45) is 0 Å². The second kappa shape index (κ2) is 4.17. The quantitative estimate of drug-likeness (QED) is 0.685. The van der Waals surface area contributed by atoms with E-state index in [4.69, 9.17) is 0 Å². The SMILES string of the molecule is CC(C)OC(=O)c1c(F)cccc1F. The Morgan fingerprint density at radius 2 is 1.79 bits per heavy atom. The fourth-order valence-electron chi connectivity index (χ4n) is 0.966. The monoisotopic (exact) mass is 200 g/mol. The van der Waals surface area contributed by atoms with Crippen LogP contribution in [0.4, 0.5) is 8.78 Å². The molecule has 0 heterocycles. The lowest BCUT2D eigenvalue weighted by atomic mass is 10.2. The second-order valence-electron chi connectivity index (χ2n) is 3.05. The molecule has 0 aliphatic rings. The lowest BCUT2D eigenvalue weighted by Crippen LogP contribution is -2.14. The van der Waals surface area contributed by atoms with E-state index in [1.165, 1.54) is 6.07 Å². The maximum Gasteiger partial charge on any atom is 0.344 e. The van der Waals surface area contributed by atoms with Crippen LogP contribution in [0.2, 0.25) is 0 Å². The Morgan fingerprint density at radius 3 is 2.21 bits per heavy atom. The number of esters is 1. The van der Waals surface area contributed by atoms with E-state index < -0.39 is 29.3 Å². The van der Waals surface area contributed by atoms with Crippen LogP contribution in [0.1, 0.15) is 24.2 Å². The number of ether oxygens (including phenoxy) is 1. The molecule has 0 unspecified atom stereocenters. The van der Waals surface area contributed by atoms with Crippen LogP contribution >= 0.6 is 0 Å². The Balaban J connectivity index is 3.00. The number of hydrogen-bond donors (Lipinski definition) is 0. The van der Waals surface area contributed by atoms with Gasteiger partial charge in [0, 0.05) is 0 Å². The van der Waals surface area contributed by atoms with Gasteiger partial charge in [0.1, 0.15) is 17.2 Å². The summed E-state index contributed by atoms with van der Waals surface area (Å²) in [7, 11) is 0. The van der Waals surface area contributed by atoms with Crippen molar-refractivity contribution in [3.8, 4) is 0 Å². The highest BCUT2D eigenvalue weighted by Gasteiger charge is 2.18. The van der Waals surface area contributed by atoms with E-state index in [1.807, 2.05) is 0 Å². The molecule has 0 bridgehead atoms. The average Bonchev–Trinajstić information content (AvgIpc) is 2.01. The first-order valence-electron chi connectivity index (χ1n) is 4.17. The molecule has 14 heavy (non-hydrogen) atoms. The first kappa shape index (κ1) is 10.6. The fourth-order valence-corrected chi connectivity index (χ4v) is 0.966. The number of hydrogen-bond acceptors (Lipinski definition) is 2. The Kier molecular flexibility index (Phi) is 3.17. The molecule has 1 rings (SSSR count). The van der Waals surface area contributed by atoms with Crippen molar-refractivity contribution in [3.05, 3.63) is 35.4 Å². The minimum Gasteiger partial charge on any atom is -0.459 e. The molecule has 0 saturated carbocycles. The molecule has 0 saturated heterocycles. The maximum atomic E-state index is 13.0. The van der Waals surface area contributed by atoms with Gasteiger partial charge in [-0.2, -0.15) is 0 Å². The number of benzene rings is 1. The molecule has 76 valence electrons. The van der Waals surface area contributed by atoms with Crippen LogP contribution < -0.4 is 0 Å². The molecule has 0 aromatic heterocycles. The number of halogens is 2. The molecular weight excluding hydrogens is 190 g/mol. The van der Waals surface area contributed by atoms with Crippen molar-refractivity contribution in [2.75, 3.05) is 0 Å². The molecule has 0 aliphatic heterocycles. The van der Waals surface area contributed by atoms with E-state index in [0.717, 1.165) is 12.1 Å². The van der Waals surface area contributed by atoms with Crippen molar-refractivity contribution in [1.29, 1.82) is 0 Å². The average molecular weight is 200 g/mol. The summed E-state index contributed by atoms with van der Waals surface area (Å²) in [5.74, 6) is -2.79. The van der Waals surface area contributed by atoms with Crippen LogP contribution in [0.15, 0.2) is 18.2 Å². The molecule has 0 radical (unpaired) electrons. The van der Waals surface area contributed by atoms with E-state index in [1.54, 1.807) is 13.8 Å². The maximum absolute atomic E-state index is 13.0. The van der Waals surface area contributed by atoms with Gasteiger partial charge in [-0.25, -0.2) is 13.6 Å². The van der Waals surface area contributed by atoms with Gasteiger partial charge < -0.3 is 4.74 Å². The van der Waals surface area contributed by atoms with Crippen LogP contribution in [0.5, 0.6) is 0 Å². The highest BCUT2D eigenvalue weighted by Crippen LogP contribution is 2.13. The fraction of sp³-hybridized carbons (Fsp3) is 0.300. The Hall–Kier alpha value is -1.45. The van der Waals surface area contributed by atoms with Crippen LogP contribution in [0.25, 0.3) is 0 Å². The standard InChI is InChI=1S/C10H10F2O2/c1-6(2)14-10(13)9-7(11)4-3-5-8(9)12/h3-6H,1-2H3. The lowest BCUT2D eigenvalue weighted by Gasteiger charge is -2.08. The zero-order valence-corrected chi connectivity index (χ0v) is 7.88. The summed E-state index contributed by atoms with van der Waals surface area (Å²) in [5, 5.41) is 0. The summed E-state index contributed by atoms with van der Waals surface area (Å²) in [6.07, 6.45) is -0.401. The third kappa shape index (κ3) is 2.28. The van der Waals surface area contributed by atoms with E-state index in [0.29, 0.717) is 0 Å². The molecule has 1 aromatic rings. The molecule has 0 amide bonds. The molecule has 0 N–H and O–H groups in total. The number of carbonyl (C=O) groups excluding carboxylic acids is 1. The highest BCUT2D eigenvalue weighted by atomic mass is 19.1. The molecule has 2 nitrogen and oxygen atoms in total. The largest absolute Gasteiger partial charge is 0.459 e. The van der Waals surface area contributed by atoms with Crippen molar-refractivity contribution in [3.63, 3.8) is 0 Å². The first-order valence-corrected chi connectivity index (χ1v) is 4.17. The van der Waals surface area contributed by atoms with Gasteiger partial charge in [-0.15, -0.1) is 0 Å². The van der Waals surface area contributed by atoms with Gasteiger partial charge in [0.25, 0.3) is 0 Å². The Bertz CT molecular complexity index is 328. The Labute approximate surface area is 80.5 Å². The Morgan fingerprint density at radius 1 is 1.29 bits per heavy atom. The number of carbonyl (C=O) groups is 1.